The first-order chi connectivity index (χ1) is 11.6. The normalized spacial score (nSPS) is 30.5. The Hall–Kier alpha value is -1.83. The molecule has 1 rings (SSSR count). The smallest absolute Gasteiger partial charge is 0.249 e. The Kier molecular flexibility index (Phi) is 9.62. The molecular weight excluding hydrogens is 354 g/mol. The van der Waals surface area contributed by atoms with E-state index < -0.39 is 67.2 Å². The molecule has 26 heavy (non-hydrogen) atoms. The Balaban J connectivity index is 0.00000625. The van der Waals surface area contributed by atoms with Crippen molar-refractivity contribution in [3.8, 4) is 0 Å². The Morgan fingerprint density at radius 2 is 1.85 bits per heavy atom. The van der Waals surface area contributed by atoms with Crippen molar-refractivity contribution in [2.24, 2.45) is 0 Å². The number of carbonyl (C=O) groups excluding carboxylic acids is 3. The van der Waals surface area contributed by atoms with Crippen LogP contribution < -0.4 is 21.9 Å². The third-order valence-electron chi connectivity index (χ3n) is 3.69. The molecule has 0 aliphatic carbocycles. The minimum Gasteiger partial charge on any atom is -0.548 e. The lowest BCUT2D eigenvalue weighted by Crippen LogP contribution is -2.65. The van der Waals surface area contributed by atoms with E-state index in [1.807, 2.05) is 0 Å². The van der Waals surface area contributed by atoms with E-state index >= 15 is 0 Å². The van der Waals surface area contributed by atoms with Gasteiger partial charge in [0, 0.05) is 6.92 Å². The Morgan fingerprint density at radius 1 is 1.27 bits per heavy atom. The summed E-state index contributed by atoms with van der Waals surface area (Å²) in [5.74, 6) is -2.83. The van der Waals surface area contributed by atoms with Crippen molar-refractivity contribution in [3.63, 3.8) is 0 Å². The van der Waals surface area contributed by atoms with Gasteiger partial charge in [0.25, 0.3) is 0 Å². The maximum absolute atomic E-state index is 12.0. The van der Waals surface area contributed by atoms with Crippen LogP contribution in [0.2, 0.25) is 0 Å². The fourth-order valence-corrected chi connectivity index (χ4v) is 2.32. The zero-order valence-electron chi connectivity index (χ0n) is 15.0. The van der Waals surface area contributed by atoms with E-state index in [0.717, 1.165) is 0 Å². The molecule has 0 aromatic rings. The van der Waals surface area contributed by atoms with Crippen molar-refractivity contribution in [1.29, 1.82) is 0 Å². The lowest BCUT2D eigenvalue weighted by molar-refractivity contribution is -0.307. The molecule has 0 aromatic heterocycles. The second kappa shape index (κ2) is 10.4. The average Bonchev–Trinajstić information content (AvgIpc) is 2.52. The highest BCUT2D eigenvalue weighted by Gasteiger charge is 2.46. The molecule has 2 amide bonds. The summed E-state index contributed by atoms with van der Waals surface area (Å²) in [4.78, 5) is 33.9. The molecule has 0 saturated carbocycles. The van der Waals surface area contributed by atoms with Gasteiger partial charge in [0.15, 0.2) is 6.29 Å². The molecule has 0 bridgehead atoms. The number of hydrogen-bond donors (Lipinski definition) is 6. The van der Waals surface area contributed by atoms with Crippen LogP contribution >= 0.6 is 0 Å². The summed E-state index contributed by atoms with van der Waals surface area (Å²) in [5, 5.41) is 44.5. The van der Waals surface area contributed by atoms with Crippen LogP contribution in [0.4, 0.5) is 0 Å². The number of quaternary nitrogens is 1. The van der Waals surface area contributed by atoms with Crippen LogP contribution in [0.3, 0.4) is 0 Å². The summed E-state index contributed by atoms with van der Waals surface area (Å²) in [6, 6.07) is -2.47. The van der Waals surface area contributed by atoms with Gasteiger partial charge in [-0.2, -0.15) is 0 Å². The molecular formula is C14H27N3O9. The molecule has 1 aliphatic rings. The SMILES string of the molecule is CC(=O)N[C@H]1C(O)O[C@H](CO)[C@@H](O)[C@@H]1O[C@H](C)C(=O)N[C@@H](C)C(=O)[O-].[NH4+]. The summed E-state index contributed by atoms with van der Waals surface area (Å²) in [7, 11) is 0. The fraction of sp³-hybridized carbons (Fsp3) is 0.786. The Labute approximate surface area is 150 Å². The number of aliphatic carboxylic acids is 1. The van der Waals surface area contributed by atoms with E-state index in [0.29, 0.717) is 0 Å². The number of nitrogens with one attached hydrogen (secondary N) is 2. The predicted molar refractivity (Wildman–Crippen MR) is 84.5 cm³/mol. The van der Waals surface area contributed by atoms with Gasteiger partial charge >= 0.3 is 0 Å². The average molecular weight is 381 g/mol. The predicted octanol–water partition coefficient (Wildman–Crippen LogP) is -4.03. The van der Waals surface area contributed by atoms with Crippen molar-refractivity contribution in [2.45, 2.75) is 63.6 Å². The number of aliphatic hydroxyl groups is 3. The molecule has 0 spiro atoms. The fourth-order valence-electron chi connectivity index (χ4n) is 2.32. The van der Waals surface area contributed by atoms with Gasteiger partial charge in [-0.1, -0.05) is 0 Å². The topological polar surface area (TPSA) is 214 Å². The summed E-state index contributed by atoms with van der Waals surface area (Å²) < 4.78 is 10.4. The zero-order valence-corrected chi connectivity index (χ0v) is 15.0. The lowest BCUT2D eigenvalue weighted by Gasteiger charge is -2.43. The molecule has 1 unspecified atom stereocenters. The van der Waals surface area contributed by atoms with E-state index in [1.165, 1.54) is 20.8 Å². The van der Waals surface area contributed by atoms with E-state index in [1.54, 1.807) is 0 Å². The molecule has 1 heterocycles. The standard InChI is InChI=1S/C14H24N2O9.H3N/c1-5(13(21)22)15-12(20)6(2)24-11-9(16-7(3)18)14(23)25-8(4-17)10(11)19;/h5-6,8-11,14,17,19,23H,4H2,1-3H3,(H,15,20)(H,16,18)(H,21,22);1H3/t5-,6+,8+,9+,10+,11+,14?;/m0./s1. The molecule has 9 N–H and O–H groups in total. The van der Waals surface area contributed by atoms with Crippen molar-refractivity contribution >= 4 is 17.8 Å². The number of ether oxygens (including phenoxy) is 2. The van der Waals surface area contributed by atoms with Gasteiger partial charge in [-0.15, -0.1) is 0 Å². The van der Waals surface area contributed by atoms with Gasteiger partial charge in [0.1, 0.15) is 30.5 Å². The maximum atomic E-state index is 12.0. The van der Waals surface area contributed by atoms with Gasteiger partial charge < -0.3 is 51.5 Å². The van der Waals surface area contributed by atoms with E-state index in [9.17, 15) is 34.8 Å². The van der Waals surface area contributed by atoms with Crippen LogP contribution in [0.5, 0.6) is 0 Å². The molecule has 0 aromatic carbocycles. The molecule has 7 atom stereocenters. The molecule has 12 nitrogen and oxygen atoms in total. The quantitative estimate of drug-likeness (QED) is 0.253. The second-order valence-electron chi connectivity index (χ2n) is 5.76. The summed E-state index contributed by atoms with van der Waals surface area (Å²) in [6.07, 6.45) is -6.76. The largest absolute Gasteiger partial charge is 0.548 e. The number of aliphatic hydroxyl groups excluding tert-OH is 3. The minimum atomic E-state index is -1.59. The monoisotopic (exact) mass is 381 g/mol. The van der Waals surface area contributed by atoms with E-state index in [4.69, 9.17) is 9.47 Å². The van der Waals surface area contributed by atoms with E-state index in [-0.39, 0.29) is 6.15 Å². The number of amides is 2. The molecule has 1 fully saturated rings. The Bertz CT molecular complexity index is 504. The summed E-state index contributed by atoms with van der Waals surface area (Å²) >= 11 is 0. The first-order valence-corrected chi connectivity index (χ1v) is 7.64. The van der Waals surface area contributed by atoms with Gasteiger partial charge in [-0.3, -0.25) is 9.59 Å². The molecule has 1 saturated heterocycles. The number of carboxylic acid groups (broad SMARTS) is 1. The number of carboxylic acids is 1. The number of carbonyl (C=O) groups is 3. The van der Waals surface area contributed by atoms with Crippen LogP contribution in [0, 0.1) is 0 Å². The second-order valence-corrected chi connectivity index (χ2v) is 5.76. The van der Waals surface area contributed by atoms with Crippen molar-refractivity contribution in [1.82, 2.24) is 16.8 Å². The summed E-state index contributed by atoms with van der Waals surface area (Å²) in [5.41, 5.74) is 0. The molecule has 152 valence electrons. The molecule has 0 radical (unpaired) electrons. The lowest BCUT2D eigenvalue weighted by atomic mass is 9.96. The van der Waals surface area contributed by atoms with E-state index in [2.05, 4.69) is 10.6 Å². The van der Waals surface area contributed by atoms with Crippen molar-refractivity contribution in [3.05, 3.63) is 0 Å². The van der Waals surface area contributed by atoms with Crippen molar-refractivity contribution < 1.29 is 44.3 Å². The van der Waals surface area contributed by atoms with Gasteiger partial charge in [-0.25, -0.2) is 0 Å². The maximum Gasteiger partial charge on any atom is 0.249 e. The third kappa shape index (κ3) is 6.16. The minimum absolute atomic E-state index is 0. The number of hydrogen-bond acceptors (Lipinski definition) is 9. The Morgan fingerprint density at radius 3 is 2.31 bits per heavy atom. The summed E-state index contributed by atoms with van der Waals surface area (Å²) in [6.45, 7) is 3.04. The third-order valence-corrected chi connectivity index (χ3v) is 3.69. The van der Waals surface area contributed by atoms with Crippen LogP contribution in [0.15, 0.2) is 0 Å². The molecule has 1 aliphatic heterocycles. The number of rotatable bonds is 7. The van der Waals surface area contributed by atoms with Crippen LogP contribution in [-0.4, -0.2) is 82.5 Å². The first kappa shape index (κ1) is 24.2. The first-order valence-electron chi connectivity index (χ1n) is 7.64. The van der Waals surface area contributed by atoms with Crippen LogP contribution in [0.1, 0.15) is 20.8 Å². The van der Waals surface area contributed by atoms with Crippen LogP contribution in [0.25, 0.3) is 0 Å². The molecule has 12 heteroatoms. The van der Waals surface area contributed by atoms with Gasteiger partial charge in [0.2, 0.25) is 11.8 Å². The van der Waals surface area contributed by atoms with Crippen molar-refractivity contribution in [2.75, 3.05) is 6.61 Å². The highest BCUT2D eigenvalue weighted by Crippen LogP contribution is 2.23. The zero-order chi connectivity index (χ0) is 19.3. The van der Waals surface area contributed by atoms with Gasteiger partial charge in [-0.05, 0) is 13.8 Å². The highest BCUT2D eigenvalue weighted by atomic mass is 16.6. The highest BCUT2D eigenvalue weighted by molar-refractivity contribution is 5.85. The van der Waals surface area contributed by atoms with Gasteiger partial charge in [0.05, 0.1) is 18.6 Å². The van der Waals surface area contributed by atoms with Crippen LogP contribution in [-0.2, 0) is 23.9 Å².